The van der Waals surface area contributed by atoms with Crippen LogP contribution in [0.3, 0.4) is 0 Å². The zero-order valence-corrected chi connectivity index (χ0v) is 24.7. The van der Waals surface area contributed by atoms with Gasteiger partial charge in [-0.25, -0.2) is 14.4 Å². The fraction of sp³-hybridized carbons (Fsp3) is 0.484. The van der Waals surface area contributed by atoms with Gasteiger partial charge in [0.15, 0.2) is 5.58 Å². The number of rotatable bonds is 6. The number of para-hydroxylation sites is 1. The van der Waals surface area contributed by atoms with E-state index in [2.05, 4.69) is 34.4 Å². The van der Waals surface area contributed by atoms with Crippen LogP contribution in [0.1, 0.15) is 37.8 Å². The number of aromatic nitrogens is 1. The molecule has 4 heterocycles. The number of piperazine rings is 1. The van der Waals surface area contributed by atoms with E-state index in [4.69, 9.17) is 4.42 Å². The Bertz CT molecular complexity index is 1550. The van der Waals surface area contributed by atoms with Crippen molar-refractivity contribution in [1.82, 2.24) is 29.9 Å². The van der Waals surface area contributed by atoms with Crippen molar-refractivity contribution in [2.45, 2.75) is 57.8 Å². The number of carbonyl (C=O) groups is 3. The number of amides is 5. The van der Waals surface area contributed by atoms with Crippen LogP contribution >= 0.6 is 0 Å². The van der Waals surface area contributed by atoms with Crippen molar-refractivity contribution < 1.29 is 18.8 Å². The maximum atomic E-state index is 13.8. The van der Waals surface area contributed by atoms with E-state index in [-0.39, 0.29) is 30.4 Å². The smallest absolute Gasteiger partial charge is 0.408 e. The highest BCUT2D eigenvalue weighted by Gasteiger charge is 2.35. The number of aromatic amines is 1. The Morgan fingerprint density at radius 1 is 0.977 bits per heavy atom. The number of urea groups is 2. The molecule has 3 aromatic rings. The van der Waals surface area contributed by atoms with Gasteiger partial charge in [0.1, 0.15) is 6.04 Å². The number of anilines is 1. The number of nitrogens with one attached hydrogen (secondary N) is 3. The summed E-state index contributed by atoms with van der Waals surface area (Å²) in [6, 6.07) is 12.4. The van der Waals surface area contributed by atoms with Gasteiger partial charge in [0, 0.05) is 70.0 Å². The largest absolute Gasteiger partial charge is 0.417 e. The van der Waals surface area contributed by atoms with Crippen LogP contribution in [0.5, 0.6) is 0 Å². The zero-order chi connectivity index (χ0) is 30.1. The number of fused-ring (bicyclic) bond motifs is 2. The van der Waals surface area contributed by atoms with Crippen LogP contribution in [-0.2, 0) is 17.8 Å². The molecule has 3 aliphatic rings. The van der Waals surface area contributed by atoms with Crippen LogP contribution in [-0.4, -0.2) is 99.9 Å². The number of hydrogen-bond acceptors (Lipinski definition) is 6. The lowest BCUT2D eigenvalue weighted by molar-refractivity contribution is -0.135. The van der Waals surface area contributed by atoms with E-state index in [1.165, 1.54) is 0 Å². The standard InChI is InChI=1S/C31H39N7O5/c1-20(2)35-13-15-36(16-14-35)28(39)26(17-21-7-8-25-27(18-21)43-31(42)34-25)33-29(40)37-11-9-23(10-12-37)38-19-22-5-3-4-6-24(22)32-30(38)41/h3-8,18,20,23,26H,9-17,19H2,1-2H3,(H,32,41)(H,33,40)(H,34,42). The van der Waals surface area contributed by atoms with Crippen molar-refractivity contribution in [3.8, 4) is 0 Å². The van der Waals surface area contributed by atoms with Gasteiger partial charge in [-0.1, -0.05) is 24.3 Å². The third-order valence-electron chi connectivity index (χ3n) is 8.93. The summed E-state index contributed by atoms with van der Waals surface area (Å²) >= 11 is 0. The van der Waals surface area contributed by atoms with Crippen LogP contribution in [0.2, 0.25) is 0 Å². The minimum absolute atomic E-state index is 0.0230. The molecule has 2 saturated heterocycles. The summed E-state index contributed by atoms with van der Waals surface area (Å²) < 4.78 is 5.22. The third kappa shape index (κ3) is 6.24. The number of nitrogens with zero attached hydrogens (tertiary/aromatic N) is 4. The lowest BCUT2D eigenvalue weighted by atomic mass is 10.0. The normalized spacial score (nSPS) is 19.0. The van der Waals surface area contributed by atoms with Gasteiger partial charge >= 0.3 is 17.8 Å². The van der Waals surface area contributed by atoms with E-state index >= 15 is 0 Å². The molecule has 3 aliphatic heterocycles. The lowest BCUT2D eigenvalue weighted by Crippen LogP contribution is -2.58. The van der Waals surface area contributed by atoms with Gasteiger partial charge < -0.3 is 29.8 Å². The molecule has 0 bridgehead atoms. The second-order valence-corrected chi connectivity index (χ2v) is 11.9. The molecule has 5 amide bonds. The molecule has 2 aromatic carbocycles. The van der Waals surface area contributed by atoms with Gasteiger partial charge in [-0.3, -0.25) is 14.7 Å². The molecule has 1 aromatic heterocycles. The Morgan fingerprint density at radius 2 is 1.72 bits per heavy atom. The van der Waals surface area contributed by atoms with Gasteiger partial charge in [-0.15, -0.1) is 0 Å². The number of carbonyl (C=O) groups excluding carboxylic acids is 3. The fourth-order valence-electron chi connectivity index (χ4n) is 6.37. The highest BCUT2D eigenvalue weighted by molar-refractivity contribution is 5.92. The average Bonchev–Trinajstić information content (AvgIpc) is 3.39. The number of piperidine rings is 1. The van der Waals surface area contributed by atoms with Crippen LogP contribution in [0, 0.1) is 0 Å². The summed E-state index contributed by atoms with van der Waals surface area (Å²) in [4.78, 5) is 62.2. The SMILES string of the molecule is CC(C)N1CCN(C(=O)C(Cc2ccc3[nH]c(=O)oc3c2)NC(=O)N2CCC(N3Cc4ccccc4NC3=O)CC2)CC1. The van der Waals surface area contributed by atoms with Gasteiger partial charge in [-0.05, 0) is 56.0 Å². The van der Waals surface area contributed by atoms with Crippen molar-refractivity contribution in [3.05, 3.63) is 64.1 Å². The molecule has 12 heteroatoms. The molecule has 228 valence electrons. The Balaban J connectivity index is 1.12. The quantitative estimate of drug-likeness (QED) is 0.405. The monoisotopic (exact) mass is 589 g/mol. The first-order valence-corrected chi connectivity index (χ1v) is 15.1. The van der Waals surface area contributed by atoms with E-state index in [0.29, 0.717) is 62.7 Å². The van der Waals surface area contributed by atoms with Crippen molar-refractivity contribution in [3.63, 3.8) is 0 Å². The molecular formula is C31H39N7O5. The molecule has 12 nitrogen and oxygen atoms in total. The maximum Gasteiger partial charge on any atom is 0.417 e. The van der Waals surface area contributed by atoms with E-state index in [0.717, 1.165) is 29.9 Å². The summed E-state index contributed by atoms with van der Waals surface area (Å²) in [6.45, 7) is 8.58. The summed E-state index contributed by atoms with van der Waals surface area (Å²) in [7, 11) is 0. The van der Waals surface area contributed by atoms with Crippen LogP contribution in [0.25, 0.3) is 11.1 Å². The molecule has 0 aliphatic carbocycles. The minimum Gasteiger partial charge on any atom is -0.408 e. The summed E-state index contributed by atoms with van der Waals surface area (Å²) in [5, 5.41) is 6.00. The molecule has 0 saturated carbocycles. The Hall–Kier alpha value is -4.32. The summed E-state index contributed by atoms with van der Waals surface area (Å²) in [6.07, 6.45) is 1.58. The van der Waals surface area contributed by atoms with Crippen molar-refractivity contribution >= 4 is 34.8 Å². The predicted octanol–water partition coefficient (Wildman–Crippen LogP) is 2.81. The van der Waals surface area contributed by atoms with Gasteiger partial charge in [0.25, 0.3) is 0 Å². The van der Waals surface area contributed by atoms with Crippen molar-refractivity contribution in [1.29, 1.82) is 0 Å². The second-order valence-electron chi connectivity index (χ2n) is 11.9. The second kappa shape index (κ2) is 12.1. The number of benzene rings is 2. The molecular weight excluding hydrogens is 550 g/mol. The average molecular weight is 590 g/mol. The number of oxazole rings is 1. The van der Waals surface area contributed by atoms with E-state index in [1.807, 2.05) is 40.1 Å². The first-order chi connectivity index (χ1) is 20.7. The minimum atomic E-state index is -0.775. The zero-order valence-electron chi connectivity index (χ0n) is 24.7. The Labute approximate surface area is 250 Å². The first-order valence-electron chi connectivity index (χ1n) is 15.1. The highest BCUT2D eigenvalue weighted by atomic mass is 16.4. The Morgan fingerprint density at radius 3 is 2.47 bits per heavy atom. The van der Waals surface area contributed by atoms with Crippen LogP contribution in [0.4, 0.5) is 15.3 Å². The molecule has 3 N–H and O–H groups in total. The number of likely N-dealkylation sites (tertiary alicyclic amines) is 1. The van der Waals surface area contributed by atoms with Crippen molar-refractivity contribution in [2.75, 3.05) is 44.6 Å². The van der Waals surface area contributed by atoms with Crippen molar-refractivity contribution in [2.24, 2.45) is 0 Å². The number of H-pyrrole nitrogens is 1. The molecule has 6 rings (SSSR count). The molecule has 2 fully saturated rings. The number of hydrogen-bond donors (Lipinski definition) is 3. The highest BCUT2D eigenvalue weighted by Crippen LogP contribution is 2.27. The lowest BCUT2D eigenvalue weighted by Gasteiger charge is -2.41. The van der Waals surface area contributed by atoms with E-state index in [1.54, 1.807) is 17.0 Å². The van der Waals surface area contributed by atoms with Gasteiger partial charge in [0.2, 0.25) is 5.91 Å². The third-order valence-corrected chi connectivity index (χ3v) is 8.93. The van der Waals surface area contributed by atoms with Crippen LogP contribution in [0.15, 0.2) is 51.7 Å². The van der Waals surface area contributed by atoms with E-state index < -0.39 is 11.8 Å². The predicted molar refractivity (Wildman–Crippen MR) is 162 cm³/mol. The summed E-state index contributed by atoms with van der Waals surface area (Å²) in [5.41, 5.74) is 3.70. The molecule has 1 atom stereocenters. The molecule has 0 radical (unpaired) electrons. The fourth-order valence-corrected chi connectivity index (χ4v) is 6.37. The molecule has 0 spiro atoms. The van der Waals surface area contributed by atoms with Crippen LogP contribution < -0.4 is 16.4 Å². The summed E-state index contributed by atoms with van der Waals surface area (Å²) in [5.74, 6) is -0.656. The van der Waals surface area contributed by atoms with E-state index in [9.17, 15) is 19.2 Å². The molecule has 43 heavy (non-hydrogen) atoms. The molecule has 1 unspecified atom stereocenters. The Kier molecular flexibility index (Phi) is 8.11. The van der Waals surface area contributed by atoms with Gasteiger partial charge in [-0.2, -0.15) is 0 Å². The first kappa shape index (κ1) is 28.8. The van der Waals surface area contributed by atoms with Gasteiger partial charge in [0.05, 0.1) is 5.52 Å². The topological polar surface area (TPSA) is 134 Å². The maximum absolute atomic E-state index is 13.8.